The number of carbonyl (C=O) groups is 3. The molecule has 2 saturated heterocycles. The van der Waals surface area contributed by atoms with E-state index in [1.807, 2.05) is 0 Å². The largest absolute Gasteiger partial charge is 0.452 e. The molecule has 2 aliphatic heterocycles. The van der Waals surface area contributed by atoms with Gasteiger partial charge in [-0.2, -0.15) is 4.31 Å². The maximum Gasteiger partial charge on any atom is 0.409 e. The molecule has 1 aromatic carbocycles. The molecule has 2 heterocycles. The third kappa shape index (κ3) is 5.57. The number of carbonyl (C=O) groups excluding carboxylic acids is 3. The van der Waals surface area contributed by atoms with Gasteiger partial charge in [0.05, 0.1) is 17.1 Å². The second kappa shape index (κ2) is 10.8. The highest BCUT2D eigenvalue weighted by Gasteiger charge is 2.31. The summed E-state index contributed by atoms with van der Waals surface area (Å²) in [6.07, 6.45) is 2.12. The molecule has 3 rings (SSSR count). The molecule has 0 unspecified atom stereocenters. The summed E-state index contributed by atoms with van der Waals surface area (Å²) in [7, 11) is -3.83. The number of nitrogens with zero attached hydrogens (tertiary/aromatic N) is 3. The summed E-state index contributed by atoms with van der Waals surface area (Å²) >= 11 is 0. The maximum atomic E-state index is 13.0. The number of esters is 1. The van der Waals surface area contributed by atoms with Gasteiger partial charge in [-0.3, -0.25) is 4.79 Å². The molecule has 176 valence electrons. The van der Waals surface area contributed by atoms with Crippen molar-refractivity contribution in [2.75, 3.05) is 52.5 Å². The molecule has 11 heteroatoms. The number of hydrogen-bond acceptors (Lipinski definition) is 7. The maximum absolute atomic E-state index is 13.0. The SMILES string of the molecule is CCOC(=O)N1CCN(C(=O)COC(=O)c2ccccc2S(=O)(=O)N2CCCCC2)CC1. The van der Waals surface area contributed by atoms with Gasteiger partial charge in [-0.1, -0.05) is 18.6 Å². The monoisotopic (exact) mass is 467 g/mol. The first-order chi connectivity index (χ1) is 15.3. The minimum atomic E-state index is -3.83. The van der Waals surface area contributed by atoms with E-state index in [1.54, 1.807) is 19.1 Å². The first-order valence-corrected chi connectivity index (χ1v) is 12.2. The summed E-state index contributed by atoms with van der Waals surface area (Å²) in [5.74, 6) is -1.27. The van der Waals surface area contributed by atoms with Crippen LogP contribution < -0.4 is 0 Å². The number of rotatable bonds is 6. The zero-order valence-electron chi connectivity index (χ0n) is 18.2. The lowest BCUT2D eigenvalue weighted by Crippen LogP contribution is -2.51. The average molecular weight is 468 g/mol. The van der Waals surface area contributed by atoms with Gasteiger partial charge in [-0.25, -0.2) is 18.0 Å². The van der Waals surface area contributed by atoms with Gasteiger partial charge in [-0.05, 0) is 31.9 Å². The molecule has 32 heavy (non-hydrogen) atoms. The van der Waals surface area contributed by atoms with Gasteiger partial charge < -0.3 is 19.3 Å². The Morgan fingerprint density at radius 1 is 0.875 bits per heavy atom. The van der Waals surface area contributed by atoms with E-state index in [9.17, 15) is 22.8 Å². The van der Waals surface area contributed by atoms with E-state index in [1.165, 1.54) is 26.2 Å². The molecule has 0 aliphatic carbocycles. The van der Waals surface area contributed by atoms with Gasteiger partial charge >= 0.3 is 12.1 Å². The molecule has 0 N–H and O–H groups in total. The number of piperazine rings is 1. The summed E-state index contributed by atoms with van der Waals surface area (Å²) in [6.45, 7) is 3.60. The van der Waals surface area contributed by atoms with Crippen LogP contribution in [-0.4, -0.2) is 93.0 Å². The minimum Gasteiger partial charge on any atom is -0.452 e. The number of amides is 2. The fraction of sp³-hybridized carbons (Fsp3) is 0.571. The Morgan fingerprint density at radius 3 is 2.16 bits per heavy atom. The second-order valence-electron chi connectivity index (χ2n) is 7.60. The summed E-state index contributed by atoms with van der Waals surface area (Å²) < 4.78 is 37.6. The first kappa shape index (κ1) is 24.0. The lowest BCUT2D eigenvalue weighted by molar-refractivity contribution is -0.136. The number of piperidine rings is 1. The molecule has 0 radical (unpaired) electrons. The van der Waals surface area contributed by atoms with Crippen molar-refractivity contribution in [3.05, 3.63) is 29.8 Å². The van der Waals surface area contributed by atoms with Crippen molar-refractivity contribution in [1.82, 2.24) is 14.1 Å². The summed E-state index contributed by atoms with van der Waals surface area (Å²) in [4.78, 5) is 39.8. The standard InChI is InChI=1S/C21H29N3O7S/c1-2-30-21(27)23-14-12-22(13-15-23)19(25)16-31-20(26)17-8-4-5-9-18(17)32(28,29)24-10-6-3-7-11-24/h4-5,8-9H,2-3,6-7,10-16H2,1H3. The van der Waals surface area contributed by atoms with Crippen LogP contribution in [0.4, 0.5) is 4.79 Å². The second-order valence-corrected chi connectivity index (χ2v) is 9.51. The van der Waals surface area contributed by atoms with Crippen molar-refractivity contribution in [2.45, 2.75) is 31.1 Å². The summed E-state index contributed by atoms with van der Waals surface area (Å²) in [5.41, 5.74) is -0.0852. The molecule has 2 aliphatic rings. The van der Waals surface area contributed by atoms with E-state index in [-0.39, 0.29) is 17.1 Å². The normalized spacial score (nSPS) is 17.7. The molecular formula is C21H29N3O7S. The van der Waals surface area contributed by atoms with E-state index in [0.29, 0.717) is 39.3 Å². The van der Waals surface area contributed by atoms with E-state index in [0.717, 1.165) is 19.3 Å². The van der Waals surface area contributed by atoms with Crippen molar-refractivity contribution < 1.29 is 32.3 Å². The number of hydrogen-bond donors (Lipinski definition) is 0. The Morgan fingerprint density at radius 2 is 1.50 bits per heavy atom. The van der Waals surface area contributed by atoms with Crippen molar-refractivity contribution in [3.63, 3.8) is 0 Å². The van der Waals surface area contributed by atoms with Crippen LogP contribution in [0.1, 0.15) is 36.5 Å². The van der Waals surface area contributed by atoms with Crippen molar-refractivity contribution >= 4 is 28.0 Å². The highest BCUT2D eigenvalue weighted by atomic mass is 32.2. The van der Waals surface area contributed by atoms with Crippen LogP contribution in [0.5, 0.6) is 0 Å². The lowest BCUT2D eigenvalue weighted by Gasteiger charge is -2.33. The molecule has 0 atom stereocenters. The number of ether oxygens (including phenoxy) is 2. The molecule has 2 amide bonds. The van der Waals surface area contributed by atoms with Gasteiger partial charge in [-0.15, -0.1) is 0 Å². The Labute approximate surface area is 188 Å². The predicted octanol–water partition coefficient (Wildman–Crippen LogP) is 1.32. The van der Waals surface area contributed by atoms with Crippen LogP contribution in [0, 0.1) is 0 Å². The first-order valence-electron chi connectivity index (χ1n) is 10.8. The molecule has 10 nitrogen and oxygen atoms in total. The topological polar surface area (TPSA) is 114 Å². The van der Waals surface area contributed by atoms with Gasteiger partial charge in [0.25, 0.3) is 5.91 Å². The fourth-order valence-corrected chi connectivity index (χ4v) is 5.45. The van der Waals surface area contributed by atoms with Crippen molar-refractivity contribution in [1.29, 1.82) is 0 Å². The van der Waals surface area contributed by atoms with Crippen LogP contribution in [0.3, 0.4) is 0 Å². The van der Waals surface area contributed by atoms with Crippen LogP contribution in [-0.2, 0) is 24.3 Å². The van der Waals surface area contributed by atoms with E-state index < -0.39 is 34.6 Å². The Bertz CT molecular complexity index is 936. The summed E-state index contributed by atoms with van der Waals surface area (Å²) in [6, 6.07) is 5.89. The molecular weight excluding hydrogens is 438 g/mol. The van der Waals surface area contributed by atoms with Gasteiger partial charge in [0.15, 0.2) is 6.61 Å². The fourth-order valence-electron chi connectivity index (χ4n) is 3.75. The Hall–Kier alpha value is -2.66. The smallest absolute Gasteiger partial charge is 0.409 e. The van der Waals surface area contributed by atoms with E-state index in [2.05, 4.69) is 0 Å². The quantitative estimate of drug-likeness (QED) is 0.580. The highest BCUT2D eigenvalue weighted by molar-refractivity contribution is 7.89. The molecule has 0 aromatic heterocycles. The van der Waals surface area contributed by atoms with Crippen LogP contribution in [0.25, 0.3) is 0 Å². The summed E-state index contributed by atoms with van der Waals surface area (Å²) in [5, 5.41) is 0. The number of benzene rings is 1. The molecule has 2 fully saturated rings. The van der Waals surface area contributed by atoms with Crippen LogP contribution in [0.2, 0.25) is 0 Å². The zero-order valence-corrected chi connectivity index (χ0v) is 19.0. The molecule has 0 spiro atoms. The van der Waals surface area contributed by atoms with Gasteiger partial charge in [0, 0.05) is 39.3 Å². The average Bonchev–Trinajstić information content (AvgIpc) is 2.83. The predicted molar refractivity (Wildman–Crippen MR) is 115 cm³/mol. The van der Waals surface area contributed by atoms with Crippen LogP contribution >= 0.6 is 0 Å². The van der Waals surface area contributed by atoms with E-state index in [4.69, 9.17) is 9.47 Å². The number of sulfonamides is 1. The van der Waals surface area contributed by atoms with Crippen LogP contribution in [0.15, 0.2) is 29.2 Å². The van der Waals surface area contributed by atoms with Gasteiger partial charge in [0.2, 0.25) is 10.0 Å². The Balaban J connectivity index is 1.59. The highest BCUT2D eigenvalue weighted by Crippen LogP contribution is 2.24. The third-order valence-corrected chi connectivity index (χ3v) is 7.48. The third-order valence-electron chi connectivity index (χ3n) is 5.52. The minimum absolute atomic E-state index is 0.0852. The van der Waals surface area contributed by atoms with E-state index >= 15 is 0 Å². The van der Waals surface area contributed by atoms with Crippen molar-refractivity contribution in [2.24, 2.45) is 0 Å². The molecule has 0 saturated carbocycles. The van der Waals surface area contributed by atoms with Gasteiger partial charge in [0.1, 0.15) is 0 Å². The Kier molecular flexibility index (Phi) is 8.08. The molecule has 1 aromatic rings. The lowest BCUT2D eigenvalue weighted by atomic mass is 10.2. The molecule has 0 bridgehead atoms. The van der Waals surface area contributed by atoms with Crippen molar-refractivity contribution in [3.8, 4) is 0 Å². The zero-order chi connectivity index (χ0) is 23.1.